The average molecular weight is 184 g/mol. The minimum absolute atomic E-state index is 0.109. The molecule has 3 heteroatoms. The maximum absolute atomic E-state index is 11.0. The second-order valence-electron chi connectivity index (χ2n) is 2.77. The lowest BCUT2D eigenvalue weighted by molar-refractivity contribution is -0.153. The summed E-state index contributed by atoms with van der Waals surface area (Å²) in [6.07, 6.45) is 4.51. The van der Waals surface area contributed by atoms with Crippen LogP contribution in [0, 0.1) is 0 Å². The van der Waals surface area contributed by atoms with E-state index in [0.717, 1.165) is 19.3 Å². The van der Waals surface area contributed by atoms with Crippen molar-refractivity contribution in [3.8, 4) is 0 Å². The predicted molar refractivity (Wildman–Crippen MR) is 50.3 cm³/mol. The van der Waals surface area contributed by atoms with Crippen molar-refractivity contribution in [3.63, 3.8) is 0 Å². The van der Waals surface area contributed by atoms with Crippen molar-refractivity contribution in [3.05, 3.63) is 12.7 Å². The van der Waals surface area contributed by atoms with E-state index < -0.39 is 11.8 Å². The standard InChI is InChI=1S/C10H16O3/c1-3-5-6-7-9(11)10(12)13-8-4-2/h4H,2-3,5-8H2,1H3. The maximum Gasteiger partial charge on any atom is 0.374 e. The van der Waals surface area contributed by atoms with Crippen LogP contribution >= 0.6 is 0 Å². The summed E-state index contributed by atoms with van der Waals surface area (Å²) in [5.74, 6) is -1.17. The van der Waals surface area contributed by atoms with E-state index in [-0.39, 0.29) is 6.61 Å². The summed E-state index contributed by atoms with van der Waals surface area (Å²) in [5, 5.41) is 0. The molecule has 0 amide bonds. The molecule has 0 bridgehead atoms. The van der Waals surface area contributed by atoms with Crippen molar-refractivity contribution >= 4 is 11.8 Å². The Bertz CT molecular complexity index is 185. The van der Waals surface area contributed by atoms with Gasteiger partial charge in [-0.1, -0.05) is 32.4 Å². The van der Waals surface area contributed by atoms with Gasteiger partial charge in [-0.2, -0.15) is 0 Å². The molecule has 13 heavy (non-hydrogen) atoms. The van der Waals surface area contributed by atoms with Crippen molar-refractivity contribution in [2.75, 3.05) is 6.61 Å². The van der Waals surface area contributed by atoms with Crippen LogP contribution in [0.15, 0.2) is 12.7 Å². The van der Waals surface area contributed by atoms with Gasteiger partial charge >= 0.3 is 5.97 Å². The van der Waals surface area contributed by atoms with E-state index in [2.05, 4.69) is 11.3 Å². The van der Waals surface area contributed by atoms with Crippen LogP contribution in [0.5, 0.6) is 0 Å². The van der Waals surface area contributed by atoms with Crippen molar-refractivity contribution in [1.29, 1.82) is 0 Å². The molecule has 74 valence electrons. The van der Waals surface area contributed by atoms with Crippen LogP contribution < -0.4 is 0 Å². The number of carbonyl (C=O) groups is 2. The molecule has 0 fully saturated rings. The van der Waals surface area contributed by atoms with E-state index in [4.69, 9.17) is 0 Å². The summed E-state index contributed by atoms with van der Waals surface area (Å²) in [4.78, 5) is 21.9. The zero-order valence-corrected chi connectivity index (χ0v) is 8.04. The number of esters is 1. The zero-order chi connectivity index (χ0) is 10.1. The van der Waals surface area contributed by atoms with Gasteiger partial charge in [-0.3, -0.25) is 4.79 Å². The number of ether oxygens (including phenoxy) is 1. The second kappa shape index (κ2) is 7.53. The summed E-state index contributed by atoms with van der Waals surface area (Å²) in [5.41, 5.74) is 0. The topological polar surface area (TPSA) is 43.4 Å². The first-order valence-electron chi connectivity index (χ1n) is 4.53. The van der Waals surface area contributed by atoms with Crippen LogP contribution in [-0.4, -0.2) is 18.4 Å². The van der Waals surface area contributed by atoms with Gasteiger partial charge in [0.25, 0.3) is 0 Å². The predicted octanol–water partition coefficient (Wildman–Crippen LogP) is 1.86. The molecule has 0 saturated heterocycles. The van der Waals surface area contributed by atoms with Crippen LogP contribution in [-0.2, 0) is 14.3 Å². The summed E-state index contributed by atoms with van der Waals surface area (Å²) in [6.45, 7) is 5.53. The zero-order valence-electron chi connectivity index (χ0n) is 8.04. The molecular formula is C10H16O3. The highest BCUT2D eigenvalue weighted by Gasteiger charge is 2.13. The summed E-state index contributed by atoms with van der Waals surface area (Å²) in [6, 6.07) is 0. The number of rotatable bonds is 7. The first-order chi connectivity index (χ1) is 6.22. The van der Waals surface area contributed by atoms with Crippen LogP contribution in [0.3, 0.4) is 0 Å². The molecule has 0 aliphatic rings. The SMILES string of the molecule is C=CCOC(=O)C(=O)CCCCC. The van der Waals surface area contributed by atoms with Crippen molar-refractivity contribution in [1.82, 2.24) is 0 Å². The Labute approximate surface area is 78.8 Å². The summed E-state index contributed by atoms with van der Waals surface area (Å²) < 4.78 is 4.58. The van der Waals surface area contributed by atoms with E-state index in [0.29, 0.717) is 6.42 Å². The molecule has 0 atom stereocenters. The van der Waals surface area contributed by atoms with Gasteiger partial charge in [0.05, 0.1) is 0 Å². The van der Waals surface area contributed by atoms with Crippen LogP contribution in [0.25, 0.3) is 0 Å². The van der Waals surface area contributed by atoms with Crippen molar-refractivity contribution < 1.29 is 14.3 Å². The quantitative estimate of drug-likeness (QED) is 0.262. The highest BCUT2D eigenvalue weighted by atomic mass is 16.5. The van der Waals surface area contributed by atoms with Gasteiger partial charge in [0.1, 0.15) is 6.61 Å². The maximum atomic E-state index is 11.0. The first-order valence-corrected chi connectivity index (χ1v) is 4.53. The van der Waals surface area contributed by atoms with Crippen molar-refractivity contribution in [2.45, 2.75) is 32.6 Å². The van der Waals surface area contributed by atoms with Crippen LogP contribution in [0.4, 0.5) is 0 Å². The highest BCUT2D eigenvalue weighted by molar-refractivity contribution is 6.33. The van der Waals surface area contributed by atoms with Gasteiger partial charge in [0.15, 0.2) is 0 Å². The monoisotopic (exact) mass is 184 g/mol. The molecule has 0 aliphatic heterocycles. The molecule has 0 aliphatic carbocycles. The smallest absolute Gasteiger partial charge is 0.374 e. The van der Waals surface area contributed by atoms with Gasteiger partial charge in [0.2, 0.25) is 5.78 Å². The molecule has 0 radical (unpaired) electrons. The first kappa shape index (κ1) is 11.9. The molecule has 0 aromatic rings. The Balaban J connectivity index is 3.57. The highest BCUT2D eigenvalue weighted by Crippen LogP contribution is 2.00. The normalized spacial score (nSPS) is 9.31. The van der Waals surface area contributed by atoms with Gasteiger partial charge < -0.3 is 4.74 Å². The molecule has 0 N–H and O–H groups in total. The van der Waals surface area contributed by atoms with Gasteiger partial charge in [-0.05, 0) is 6.42 Å². The lowest BCUT2D eigenvalue weighted by Crippen LogP contribution is -2.17. The fourth-order valence-electron chi connectivity index (χ4n) is 0.853. The molecular weight excluding hydrogens is 168 g/mol. The third kappa shape index (κ3) is 6.08. The molecule has 0 unspecified atom stereocenters. The molecule has 0 saturated carbocycles. The molecule has 0 aromatic carbocycles. The Morgan fingerprint density at radius 2 is 2.08 bits per heavy atom. The molecule has 3 nitrogen and oxygen atoms in total. The Morgan fingerprint density at radius 1 is 1.38 bits per heavy atom. The number of hydrogen-bond acceptors (Lipinski definition) is 3. The Kier molecular flexibility index (Phi) is 6.88. The van der Waals surface area contributed by atoms with Crippen LogP contribution in [0.2, 0.25) is 0 Å². The minimum atomic E-state index is -0.740. The van der Waals surface area contributed by atoms with E-state index in [1.165, 1.54) is 6.08 Å². The lowest BCUT2D eigenvalue weighted by atomic mass is 10.1. The Morgan fingerprint density at radius 3 is 2.62 bits per heavy atom. The number of carbonyl (C=O) groups excluding carboxylic acids is 2. The second-order valence-corrected chi connectivity index (χ2v) is 2.77. The fourth-order valence-corrected chi connectivity index (χ4v) is 0.853. The number of hydrogen-bond donors (Lipinski definition) is 0. The van der Waals surface area contributed by atoms with Crippen molar-refractivity contribution in [2.24, 2.45) is 0 Å². The fraction of sp³-hybridized carbons (Fsp3) is 0.600. The largest absolute Gasteiger partial charge is 0.456 e. The number of Topliss-reactive ketones (excluding diaryl/α,β-unsaturated/α-hetero) is 1. The van der Waals surface area contributed by atoms with E-state index >= 15 is 0 Å². The third-order valence-electron chi connectivity index (χ3n) is 1.57. The molecule has 0 rings (SSSR count). The average Bonchev–Trinajstić information content (AvgIpc) is 2.14. The van der Waals surface area contributed by atoms with Crippen LogP contribution in [0.1, 0.15) is 32.6 Å². The molecule has 0 heterocycles. The summed E-state index contributed by atoms with van der Waals surface area (Å²) in [7, 11) is 0. The van der Waals surface area contributed by atoms with E-state index in [1.807, 2.05) is 6.92 Å². The van der Waals surface area contributed by atoms with E-state index in [1.54, 1.807) is 0 Å². The lowest BCUT2D eigenvalue weighted by Gasteiger charge is -1.99. The van der Waals surface area contributed by atoms with E-state index in [9.17, 15) is 9.59 Å². The third-order valence-corrected chi connectivity index (χ3v) is 1.57. The van der Waals surface area contributed by atoms with Gasteiger partial charge in [-0.15, -0.1) is 0 Å². The van der Waals surface area contributed by atoms with Gasteiger partial charge in [0, 0.05) is 6.42 Å². The summed E-state index contributed by atoms with van der Waals surface area (Å²) >= 11 is 0. The minimum Gasteiger partial charge on any atom is -0.456 e. The van der Waals surface area contributed by atoms with Gasteiger partial charge in [-0.25, -0.2) is 4.79 Å². The Hall–Kier alpha value is -1.12. The molecule has 0 spiro atoms. The number of unbranched alkanes of at least 4 members (excludes halogenated alkanes) is 2. The molecule has 0 aromatic heterocycles. The number of ketones is 1.